The minimum Gasteiger partial charge on any atom is -0.421 e. The highest BCUT2D eigenvalue weighted by Gasteiger charge is 2.17. The highest BCUT2D eigenvalue weighted by Crippen LogP contribution is 2.22. The standard InChI is InChI=1S/C17H21N3O3/c1-12-19-20-17(23-12)15-8-3-2-7-14(15)16(21)18-10-9-13-6-4-5-11-22-13/h2-3,7-8,13H,4-6,9-11H2,1H3,(H,18,21)/t13-/m0/s1. The second-order valence-electron chi connectivity index (χ2n) is 5.70. The summed E-state index contributed by atoms with van der Waals surface area (Å²) in [6, 6.07) is 7.25. The van der Waals surface area contributed by atoms with Crippen LogP contribution in [0.1, 0.15) is 41.9 Å². The van der Waals surface area contributed by atoms with E-state index in [-0.39, 0.29) is 12.0 Å². The molecular weight excluding hydrogens is 294 g/mol. The van der Waals surface area contributed by atoms with E-state index in [9.17, 15) is 4.79 Å². The topological polar surface area (TPSA) is 77.2 Å². The van der Waals surface area contributed by atoms with Crippen molar-refractivity contribution in [3.8, 4) is 11.5 Å². The third-order valence-corrected chi connectivity index (χ3v) is 3.95. The molecule has 3 rings (SSSR count). The van der Waals surface area contributed by atoms with Crippen LogP contribution < -0.4 is 5.32 Å². The number of hydrogen-bond acceptors (Lipinski definition) is 5. The highest BCUT2D eigenvalue weighted by molar-refractivity contribution is 5.99. The van der Waals surface area contributed by atoms with E-state index in [1.54, 1.807) is 13.0 Å². The van der Waals surface area contributed by atoms with Crippen molar-refractivity contribution < 1.29 is 13.9 Å². The monoisotopic (exact) mass is 315 g/mol. The first-order valence-corrected chi connectivity index (χ1v) is 8.03. The van der Waals surface area contributed by atoms with E-state index in [1.807, 2.05) is 18.2 Å². The SMILES string of the molecule is Cc1nnc(-c2ccccc2C(=O)NCC[C@@H]2CCCCO2)o1. The third-order valence-electron chi connectivity index (χ3n) is 3.95. The first-order valence-electron chi connectivity index (χ1n) is 8.03. The average molecular weight is 315 g/mol. The Bertz CT molecular complexity index is 663. The van der Waals surface area contributed by atoms with Gasteiger partial charge in [0.15, 0.2) is 0 Å². The highest BCUT2D eigenvalue weighted by atomic mass is 16.5. The van der Waals surface area contributed by atoms with Gasteiger partial charge in [-0.3, -0.25) is 4.79 Å². The predicted molar refractivity (Wildman–Crippen MR) is 85.0 cm³/mol. The molecule has 1 fully saturated rings. The molecule has 0 saturated carbocycles. The lowest BCUT2D eigenvalue weighted by Gasteiger charge is -2.22. The maximum atomic E-state index is 12.4. The number of amides is 1. The van der Waals surface area contributed by atoms with Gasteiger partial charge in [-0.2, -0.15) is 0 Å². The van der Waals surface area contributed by atoms with E-state index in [1.165, 1.54) is 6.42 Å². The molecule has 0 unspecified atom stereocenters. The van der Waals surface area contributed by atoms with Crippen molar-refractivity contribution in [1.82, 2.24) is 15.5 Å². The van der Waals surface area contributed by atoms with Crippen molar-refractivity contribution in [3.63, 3.8) is 0 Å². The smallest absolute Gasteiger partial charge is 0.252 e. The van der Waals surface area contributed by atoms with Crippen LogP contribution in [0, 0.1) is 6.92 Å². The normalized spacial score (nSPS) is 17.9. The summed E-state index contributed by atoms with van der Waals surface area (Å²) in [5, 5.41) is 10.8. The number of nitrogens with one attached hydrogen (secondary N) is 1. The Balaban J connectivity index is 1.63. The molecule has 0 bridgehead atoms. The van der Waals surface area contributed by atoms with Gasteiger partial charge >= 0.3 is 0 Å². The molecular formula is C17H21N3O3. The fraction of sp³-hybridized carbons (Fsp3) is 0.471. The van der Waals surface area contributed by atoms with Crippen molar-refractivity contribution in [2.45, 2.75) is 38.7 Å². The second-order valence-corrected chi connectivity index (χ2v) is 5.70. The van der Waals surface area contributed by atoms with Gasteiger partial charge in [-0.05, 0) is 37.8 Å². The van der Waals surface area contributed by atoms with Gasteiger partial charge in [-0.15, -0.1) is 10.2 Å². The number of benzene rings is 1. The first kappa shape index (κ1) is 15.7. The number of aryl methyl sites for hydroxylation is 1. The van der Waals surface area contributed by atoms with Gasteiger partial charge in [-0.25, -0.2) is 0 Å². The molecule has 2 heterocycles. The van der Waals surface area contributed by atoms with Crippen LogP contribution in [0.4, 0.5) is 0 Å². The largest absolute Gasteiger partial charge is 0.421 e. The van der Waals surface area contributed by atoms with Crippen LogP contribution in [0.5, 0.6) is 0 Å². The number of hydrogen-bond donors (Lipinski definition) is 1. The summed E-state index contributed by atoms with van der Waals surface area (Å²) >= 11 is 0. The van der Waals surface area contributed by atoms with Gasteiger partial charge in [0.25, 0.3) is 5.91 Å². The zero-order chi connectivity index (χ0) is 16.1. The molecule has 1 saturated heterocycles. The van der Waals surface area contributed by atoms with Crippen LogP contribution in [0.3, 0.4) is 0 Å². The van der Waals surface area contributed by atoms with Crippen molar-refractivity contribution in [2.24, 2.45) is 0 Å². The van der Waals surface area contributed by atoms with E-state index in [2.05, 4.69) is 15.5 Å². The third kappa shape index (κ3) is 3.96. The maximum Gasteiger partial charge on any atom is 0.252 e. The number of nitrogens with zero attached hydrogens (tertiary/aromatic N) is 2. The molecule has 1 amide bonds. The number of rotatable bonds is 5. The fourth-order valence-corrected chi connectivity index (χ4v) is 2.75. The van der Waals surface area contributed by atoms with Crippen molar-refractivity contribution in [2.75, 3.05) is 13.2 Å². The Hall–Kier alpha value is -2.21. The van der Waals surface area contributed by atoms with Gasteiger partial charge in [0.2, 0.25) is 11.8 Å². The molecule has 6 nitrogen and oxygen atoms in total. The summed E-state index contributed by atoms with van der Waals surface area (Å²) in [5.74, 6) is 0.709. The van der Waals surface area contributed by atoms with Crippen LogP contribution >= 0.6 is 0 Å². The van der Waals surface area contributed by atoms with Crippen molar-refractivity contribution in [1.29, 1.82) is 0 Å². The van der Waals surface area contributed by atoms with Gasteiger partial charge in [-0.1, -0.05) is 12.1 Å². The minimum atomic E-state index is -0.132. The first-order chi connectivity index (χ1) is 11.2. The quantitative estimate of drug-likeness (QED) is 0.918. The molecule has 1 aromatic carbocycles. The number of aromatic nitrogens is 2. The average Bonchev–Trinajstić information content (AvgIpc) is 3.02. The molecule has 122 valence electrons. The van der Waals surface area contributed by atoms with Crippen LogP contribution in [0.15, 0.2) is 28.7 Å². The van der Waals surface area contributed by atoms with Crippen molar-refractivity contribution >= 4 is 5.91 Å². The fourth-order valence-electron chi connectivity index (χ4n) is 2.75. The van der Waals surface area contributed by atoms with Crippen LogP contribution in [0.2, 0.25) is 0 Å². The van der Waals surface area contributed by atoms with Crippen molar-refractivity contribution in [3.05, 3.63) is 35.7 Å². The number of ether oxygens (including phenoxy) is 1. The number of carbonyl (C=O) groups is 1. The Morgan fingerprint density at radius 2 is 2.17 bits per heavy atom. The maximum absolute atomic E-state index is 12.4. The van der Waals surface area contributed by atoms with Gasteiger partial charge in [0.05, 0.1) is 17.2 Å². The molecule has 1 aliphatic rings. The molecule has 1 aliphatic heterocycles. The Morgan fingerprint density at radius 1 is 1.30 bits per heavy atom. The lowest BCUT2D eigenvalue weighted by Crippen LogP contribution is -2.29. The van der Waals surface area contributed by atoms with Crippen LogP contribution in [0.25, 0.3) is 11.5 Å². The second kappa shape index (κ2) is 7.37. The lowest BCUT2D eigenvalue weighted by molar-refractivity contribution is 0.0117. The minimum absolute atomic E-state index is 0.132. The summed E-state index contributed by atoms with van der Waals surface area (Å²) in [5.41, 5.74) is 1.19. The lowest BCUT2D eigenvalue weighted by atomic mass is 10.1. The van der Waals surface area contributed by atoms with E-state index in [4.69, 9.17) is 9.15 Å². The number of carbonyl (C=O) groups excluding carboxylic acids is 1. The van der Waals surface area contributed by atoms with Crippen LogP contribution in [-0.2, 0) is 4.74 Å². The van der Waals surface area contributed by atoms with E-state index >= 15 is 0 Å². The van der Waals surface area contributed by atoms with E-state index < -0.39 is 0 Å². The van der Waals surface area contributed by atoms with E-state index in [0.29, 0.717) is 29.5 Å². The summed E-state index contributed by atoms with van der Waals surface area (Å²) in [7, 11) is 0. The summed E-state index contributed by atoms with van der Waals surface area (Å²) < 4.78 is 11.1. The zero-order valence-electron chi connectivity index (χ0n) is 13.2. The zero-order valence-corrected chi connectivity index (χ0v) is 13.2. The van der Waals surface area contributed by atoms with Crippen LogP contribution in [-0.4, -0.2) is 35.4 Å². The Morgan fingerprint density at radius 3 is 2.91 bits per heavy atom. The van der Waals surface area contributed by atoms with Gasteiger partial charge in [0, 0.05) is 20.1 Å². The van der Waals surface area contributed by atoms with E-state index in [0.717, 1.165) is 25.9 Å². The predicted octanol–water partition coefficient (Wildman–Crippen LogP) is 2.73. The Labute approximate surface area is 135 Å². The molecule has 1 N–H and O–H groups in total. The molecule has 1 aromatic heterocycles. The summed E-state index contributed by atoms with van der Waals surface area (Å²) in [6.07, 6.45) is 4.52. The molecule has 1 atom stereocenters. The molecule has 2 aromatic rings. The Kier molecular flexibility index (Phi) is 5.02. The molecule has 23 heavy (non-hydrogen) atoms. The molecule has 0 spiro atoms. The summed E-state index contributed by atoms with van der Waals surface area (Å²) in [6.45, 7) is 3.15. The molecule has 0 aliphatic carbocycles. The molecule has 6 heteroatoms. The summed E-state index contributed by atoms with van der Waals surface area (Å²) in [4.78, 5) is 12.4. The molecule has 0 radical (unpaired) electrons. The van der Waals surface area contributed by atoms with Gasteiger partial charge < -0.3 is 14.5 Å². The van der Waals surface area contributed by atoms with Gasteiger partial charge in [0.1, 0.15) is 0 Å².